The zero-order valence-corrected chi connectivity index (χ0v) is 10.2. The molecule has 1 rings (SSSR count). The fourth-order valence-electron chi connectivity index (χ4n) is 2.55. The van der Waals surface area contributed by atoms with Crippen molar-refractivity contribution in [1.82, 2.24) is 5.32 Å². The molecule has 4 heteroatoms. The second kappa shape index (κ2) is 5.32. The average Bonchev–Trinajstić information content (AvgIpc) is 2.15. The van der Waals surface area contributed by atoms with Crippen molar-refractivity contribution in [1.29, 1.82) is 0 Å². The fourth-order valence-corrected chi connectivity index (χ4v) is 2.55. The van der Waals surface area contributed by atoms with E-state index in [1.165, 1.54) is 6.92 Å². The molecule has 0 bridgehead atoms. The van der Waals surface area contributed by atoms with Crippen LogP contribution in [0, 0.1) is 17.8 Å². The Morgan fingerprint density at radius 2 is 1.69 bits per heavy atom. The highest BCUT2D eigenvalue weighted by Crippen LogP contribution is 2.32. The summed E-state index contributed by atoms with van der Waals surface area (Å²) in [5, 5.41) is 11.3. The molecule has 2 N–H and O–H groups in total. The Labute approximate surface area is 96.4 Å². The summed E-state index contributed by atoms with van der Waals surface area (Å²) in [6.45, 7) is 5.79. The summed E-state index contributed by atoms with van der Waals surface area (Å²) < 4.78 is 0. The van der Waals surface area contributed by atoms with Crippen LogP contribution in [0.25, 0.3) is 0 Å². The van der Waals surface area contributed by atoms with Crippen LogP contribution in [0.3, 0.4) is 0 Å². The predicted octanol–water partition coefficient (Wildman–Crippen LogP) is 1.65. The number of carboxylic acids is 1. The number of hydrogen-bond acceptors (Lipinski definition) is 2. The molecule has 0 spiro atoms. The molecule has 0 heterocycles. The van der Waals surface area contributed by atoms with Gasteiger partial charge in [0.25, 0.3) is 0 Å². The van der Waals surface area contributed by atoms with Crippen molar-refractivity contribution in [3.63, 3.8) is 0 Å². The van der Waals surface area contributed by atoms with E-state index in [2.05, 4.69) is 19.2 Å². The van der Waals surface area contributed by atoms with E-state index in [-0.39, 0.29) is 11.8 Å². The van der Waals surface area contributed by atoms with Crippen molar-refractivity contribution in [2.24, 2.45) is 17.8 Å². The van der Waals surface area contributed by atoms with Crippen molar-refractivity contribution < 1.29 is 14.7 Å². The number of carboxylic acid groups (broad SMARTS) is 1. The Morgan fingerprint density at radius 1 is 1.19 bits per heavy atom. The van der Waals surface area contributed by atoms with Gasteiger partial charge in [-0.1, -0.05) is 13.8 Å². The minimum atomic E-state index is -0.981. The first-order chi connectivity index (χ1) is 7.40. The van der Waals surface area contributed by atoms with E-state index in [0.29, 0.717) is 11.8 Å². The Kier molecular flexibility index (Phi) is 4.33. The molecular weight excluding hydrogens is 206 g/mol. The van der Waals surface area contributed by atoms with Gasteiger partial charge in [-0.15, -0.1) is 0 Å². The van der Waals surface area contributed by atoms with E-state index in [4.69, 9.17) is 5.11 Å². The van der Waals surface area contributed by atoms with E-state index in [1.54, 1.807) is 0 Å². The molecule has 1 amide bonds. The third kappa shape index (κ3) is 3.51. The lowest BCUT2D eigenvalue weighted by Crippen LogP contribution is -2.43. The molecular formula is C12H21NO3. The summed E-state index contributed by atoms with van der Waals surface area (Å²) >= 11 is 0. The lowest BCUT2D eigenvalue weighted by Gasteiger charge is -2.30. The molecule has 1 aliphatic carbocycles. The molecule has 0 aromatic carbocycles. The molecule has 0 radical (unpaired) electrons. The molecule has 2 unspecified atom stereocenters. The molecule has 4 atom stereocenters. The van der Waals surface area contributed by atoms with Crippen LogP contribution in [-0.2, 0) is 9.59 Å². The van der Waals surface area contributed by atoms with Crippen LogP contribution in [0.2, 0.25) is 0 Å². The largest absolute Gasteiger partial charge is 0.480 e. The summed E-state index contributed by atoms with van der Waals surface area (Å²) in [5.74, 6) is 0.0124. The number of amides is 1. The molecule has 1 aliphatic rings. The highest BCUT2D eigenvalue weighted by atomic mass is 16.4. The first kappa shape index (κ1) is 13.0. The van der Waals surface area contributed by atoms with Crippen LogP contribution in [0.5, 0.6) is 0 Å². The van der Waals surface area contributed by atoms with Crippen molar-refractivity contribution in [3.05, 3.63) is 0 Å². The van der Waals surface area contributed by atoms with E-state index >= 15 is 0 Å². The topological polar surface area (TPSA) is 66.4 Å². The van der Waals surface area contributed by atoms with E-state index in [9.17, 15) is 9.59 Å². The van der Waals surface area contributed by atoms with Crippen LogP contribution in [0.1, 0.15) is 40.0 Å². The van der Waals surface area contributed by atoms with Gasteiger partial charge in [-0.2, -0.15) is 0 Å². The van der Waals surface area contributed by atoms with Gasteiger partial charge in [0.2, 0.25) is 5.91 Å². The molecule has 16 heavy (non-hydrogen) atoms. The first-order valence-corrected chi connectivity index (χ1v) is 5.93. The molecule has 0 aliphatic heterocycles. The van der Waals surface area contributed by atoms with Gasteiger partial charge in [-0.25, -0.2) is 0 Å². The van der Waals surface area contributed by atoms with Gasteiger partial charge >= 0.3 is 5.97 Å². The third-order valence-electron chi connectivity index (χ3n) is 3.28. The Hall–Kier alpha value is -1.06. The molecule has 1 fully saturated rings. The maximum atomic E-state index is 11.8. The summed E-state index contributed by atoms with van der Waals surface area (Å²) in [7, 11) is 0. The second-order valence-corrected chi connectivity index (χ2v) is 5.18. The van der Waals surface area contributed by atoms with Crippen molar-refractivity contribution >= 4 is 11.9 Å². The molecule has 0 aromatic rings. The number of nitrogens with one attached hydrogen (secondary N) is 1. The van der Waals surface area contributed by atoms with Gasteiger partial charge in [-0.3, -0.25) is 9.59 Å². The highest BCUT2D eigenvalue weighted by Gasteiger charge is 2.30. The average molecular weight is 227 g/mol. The summed E-state index contributed by atoms with van der Waals surface area (Å²) in [6.07, 6.45) is 2.92. The maximum Gasteiger partial charge on any atom is 0.325 e. The van der Waals surface area contributed by atoms with Gasteiger partial charge in [0, 0.05) is 5.92 Å². The van der Waals surface area contributed by atoms with E-state index < -0.39 is 12.0 Å². The maximum absolute atomic E-state index is 11.8. The van der Waals surface area contributed by atoms with Crippen molar-refractivity contribution in [3.8, 4) is 0 Å². The van der Waals surface area contributed by atoms with Gasteiger partial charge in [0.15, 0.2) is 0 Å². The predicted molar refractivity (Wildman–Crippen MR) is 60.9 cm³/mol. The Morgan fingerprint density at radius 3 is 2.12 bits per heavy atom. The number of hydrogen-bond donors (Lipinski definition) is 2. The Bertz CT molecular complexity index is 267. The summed E-state index contributed by atoms with van der Waals surface area (Å²) in [4.78, 5) is 22.5. The zero-order chi connectivity index (χ0) is 12.3. The van der Waals surface area contributed by atoms with Gasteiger partial charge in [0.1, 0.15) is 6.04 Å². The smallest absolute Gasteiger partial charge is 0.325 e. The first-order valence-electron chi connectivity index (χ1n) is 5.93. The minimum absolute atomic E-state index is 0.0134. The van der Waals surface area contributed by atoms with Crippen LogP contribution >= 0.6 is 0 Å². The van der Waals surface area contributed by atoms with Gasteiger partial charge in [-0.05, 0) is 38.0 Å². The molecule has 1 saturated carbocycles. The van der Waals surface area contributed by atoms with Crippen LogP contribution in [-0.4, -0.2) is 23.0 Å². The molecule has 0 saturated heterocycles. The normalized spacial score (nSPS) is 31.8. The quantitative estimate of drug-likeness (QED) is 0.770. The van der Waals surface area contributed by atoms with Crippen molar-refractivity contribution in [2.75, 3.05) is 0 Å². The third-order valence-corrected chi connectivity index (χ3v) is 3.28. The Balaban J connectivity index is 2.50. The number of carbonyl (C=O) groups is 2. The van der Waals surface area contributed by atoms with Gasteiger partial charge in [0.05, 0.1) is 0 Å². The van der Waals surface area contributed by atoms with Crippen molar-refractivity contribution in [2.45, 2.75) is 46.1 Å². The van der Waals surface area contributed by atoms with Crippen LogP contribution in [0.15, 0.2) is 0 Å². The number of rotatable bonds is 3. The van der Waals surface area contributed by atoms with Crippen LogP contribution in [0.4, 0.5) is 0 Å². The van der Waals surface area contributed by atoms with E-state index in [0.717, 1.165) is 19.3 Å². The molecule has 4 nitrogen and oxygen atoms in total. The lowest BCUT2D eigenvalue weighted by atomic mass is 9.76. The molecule has 92 valence electrons. The molecule has 0 aromatic heterocycles. The summed E-state index contributed by atoms with van der Waals surface area (Å²) in [6, 6.07) is -0.792. The highest BCUT2D eigenvalue weighted by molar-refractivity contribution is 5.84. The van der Waals surface area contributed by atoms with Gasteiger partial charge < -0.3 is 10.4 Å². The second-order valence-electron chi connectivity index (χ2n) is 5.18. The minimum Gasteiger partial charge on any atom is -0.480 e. The summed E-state index contributed by atoms with van der Waals surface area (Å²) in [5.41, 5.74) is 0. The monoisotopic (exact) mass is 227 g/mol. The number of carbonyl (C=O) groups excluding carboxylic acids is 1. The fraction of sp³-hybridized carbons (Fsp3) is 0.833. The van der Waals surface area contributed by atoms with E-state index in [1.807, 2.05) is 0 Å². The standard InChI is InChI=1S/C12H21NO3/c1-7-4-8(2)6-10(5-7)11(14)13-9(3)12(15)16/h7-10H,4-6H2,1-3H3,(H,13,14)(H,15,16)/t7-,8+,9?,10?. The zero-order valence-electron chi connectivity index (χ0n) is 10.2. The lowest BCUT2D eigenvalue weighted by molar-refractivity contribution is -0.142. The number of aliphatic carboxylic acids is 1. The SMILES string of the molecule is CC(NC(=O)C1C[C@@H](C)C[C@@H](C)C1)C(=O)O. The van der Waals surface area contributed by atoms with Crippen LogP contribution < -0.4 is 5.32 Å².